The number of carbonyl (C=O) groups excluding carboxylic acids is 2. The Morgan fingerprint density at radius 2 is 2.12 bits per heavy atom. The van der Waals surface area contributed by atoms with Crippen molar-refractivity contribution in [3.8, 4) is 0 Å². The summed E-state index contributed by atoms with van der Waals surface area (Å²) in [6.07, 6.45) is -1.31. The van der Waals surface area contributed by atoms with Crippen molar-refractivity contribution in [1.82, 2.24) is 0 Å². The first-order valence-electron chi connectivity index (χ1n) is 7.61. The van der Waals surface area contributed by atoms with E-state index in [1.165, 1.54) is 0 Å². The van der Waals surface area contributed by atoms with E-state index in [9.17, 15) is 18.0 Å². The summed E-state index contributed by atoms with van der Waals surface area (Å²) in [6, 6.07) is 8.12. The maximum absolute atomic E-state index is 12.1. The number of carbonyl (C=O) groups is 2. The van der Waals surface area contributed by atoms with Gasteiger partial charge in [-0.2, -0.15) is 8.42 Å². The van der Waals surface area contributed by atoms with Gasteiger partial charge in [-0.25, -0.2) is 4.79 Å². The molecule has 1 aliphatic heterocycles. The predicted octanol–water partition coefficient (Wildman–Crippen LogP) is 1.43. The minimum atomic E-state index is -3.90. The van der Waals surface area contributed by atoms with Crippen molar-refractivity contribution in [1.29, 1.82) is 0 Å². The Bertz CT molecular complexity index is 806. The molecule has 10 nitrogen and oxygen atoms in total. The van der Waals surface area contributed by atoms with Crippen molar-refractivity contribution in [3.05, 3.63) is 46.3 Å². The summed E-state index contributed by atoms with van der Waals surface area (Å²) in [4.78, 5) is 26.2. The van der Waals surface area contributed by atoms with Crippen molar-refractivity contribution >= 4 is 22.1 Å². The average molecular weight is 383 g/mol. The third-order valence-corrected chi connectivity index (χ3v) is 4.25. The molecule has 1 fully saturated rings. The standard InChI is InChI=1S/C15H17N3O7S/c1-26(21,22)25-13(9-23-15(20)10-5-3-2-4-6-10)11-7-14(19)24-12(11)8-17-18-16/h2-6,11-13H,7-9H2,1H3/t11-,12-,13-/m0/s1. The van der Waals surface area contributed by atoms with Gasteiger partial charge in [0.2, 0.25) is 0 Å². The van der Waals surface area contributed by atoms with Crippen LogP contribution >= 0.6 is 0 Å². The monoisotopic (exact) mass is 383 g/mol. The summed E-state index contributed by atoms with van der Waals surface area (Å²) in [5.41, 5.74) is 8.71. The van der Waals surface area contributed by atoms with Crippen LogP contribution in [-0.4, -0.2) is 52.0 Å². The second kappa shape index (κ2) is 8.65. The van der Waals surface area contributed by atoms with Crippen LogP contribution in [0.1, 0.15) is 16.8 Å². The molecule has 0 radical (unpaired) electrons. The molecule has 1 aromatic carbocycles. The van der Waals surface area contributed by atoms with Crippen LogP contribution in [0.5, 0.6) is 0 Å². The zero-order chi connectivity index (χ0) is 19.2. The fourth-order valence-corrected chi connectivity index (χ4v) is 3.20. The molecule has 0 N–H and O–H groups in total. The van der Waals surface area contributed by atoms with Crippen LogP contribution in [0.25, 0.3) is 10.4 Å². The highest BCUT2D eigenvalue weighted by Gasteiger charge is 2.42. The highest BCUT2D eigenvalue weighted by molar-refractivity contribution is 7.86. The van der Waals surface area contributed by atoms with Crippen molar-refractivity contribution in [3.63, 3.8) is 0 Å². The van der Waals surface area contributed by atoms with Gasteiger partial charge in [0, 0.05) is 10.8 Å². The van der Waals surface area contributed by atoms with Gasteiger partial charge < -0.3 is 9.47 Å². The first-order valence-corrected chi connectivity index (χ1v) is 9.42. The Labute approximate surface area is 149 Å². The third-order valence-electron chi connectivity index (χ3n) is 3.65. The molecule has 3 atom stereocenters. The fraction of sp³-hybridized carbons (Fsp3) is 0.467. The molecule has 0 aromatic heterocycles. The summed E-state index contributed by atoms with van der Waals surface area (Å²) in [5.74, 6) is -1.99. The second-order valence-electron chi connectivity index (χ2n) is 5.61. The number of hydrogen-bond donors (Lipinski definition) is 0. The molecular weight excluding hydrogens is 366 g/mol. The molecule has 1 aliphatic rings. The average Bonchev–Trinajstić information content (AvgIpc) is 2.97. The van der Waals surface area contributed by atoms with Gasteiger partial charge in [0.15, 0.2) is 0 Å². The molecule has 0 bridgehead atoms. The highest BCUT2D eigenvalue weighted by Crippen LogP contribution is 2.29. The predicted molar refractivity (Wildman–Crippen MR) is 88.4 cm³/mol. The first kappa shape index (κ1) is 19.7. The van der Waals surface area contributed by atoms with Crippen LogP contribution in [0.4, 0.5) is 0 Å². The lowest BCUT2D eigenvalue weighted by molar-refractivity contribution is -0.141. The Hall–Kier alpha value is -2.62. The zero-order valence-electron chi connectivity index (χ0n) is 13.8. The Morgan fingerprint density at radius 3 is 2.73 bits per heavy atom. The van der Waals surface area contributed by atoms with Crippen LogP contribution < -0.4 is 0 Å². The van der Waals surface area contributed by atoms with Gasteiger partial charge >= 0.3 is 11.9 Å². The number of hydrogen-bond acceptors (Lipinski definition) is 8. The third kappa shape index (κ3) is 5.73. The Morgan fingerprint density at radius 1 is 1.42 bits per heavy atom. The van der Waals surface area contributed by atoms with Gasteiger partial charge in [0.05, 0.1) is 24.8 Å². The normalized spacial score (nSPS) is 20.7. The number of nitrogens with zero attached hydrogens (tertiary/aromatic N) is 3. The number of ether oxygens (including phenoxy) is 2. The van der Waals surface area contributed by atoms with Crippen molar-refractivity contribution in [2.24, 2.45) is 11.0 Å². The van der Waals surface area contributed by atoms with E-state index in [2.05, 4.69) is 10.0 Å². The Balaban J connectivity index is 2.13. The van der Waals surface area contributed by atoms with Crippen LogP contribution in [0.3, 0.4) is 0 Å². The van der Waals surface area contributed by atoms with E-state index in [-0.39, 0.29) is 18.5 Å². The van der Waals surface area contributed by atoms with Crippen LogP contribution in [0.15, 0.2) is 35.4 Å². The molecule has 1 heterocycles. The van der Waals surface area contributed by atoms with Crippen molar-refractivity contribution in [2.45, 2.75) is 18.6 Å². The van der Waals surface area contributed by atoms with E-state index in [0.717, 1.165) is 6.26 Å². The van der Waals surface area contributed by atoms with Gasteiger partial charge in [-0.05, 0) is 17.7 Å². The summed E-state index contributed by atoms with van der Waals surface area (Å²) in [5, 5.41) is 3.35. The van der Waals surface area contributed by atoms with Gasteiger partial charge in [-0.1, -0.05) is 23.3 Å². The maximum atomic E-state index is 12.1. The van der Waals surface area contributed by atoms with Gasteiger partial charge in [-0.15, -0.1) is 0 Å². The van der Waals surface area contributed by atoms with Crippen molar-refractivity contribution < 1.29 is 31.7 Å². The Kier molecular flexibility index (Phi) is 6.56. The lowest BCUT2D eigenvalue weighted by atomic mass is 9.95. The number of cyclic esters (lactones) is 1. The first-order chi connectivity index (χ1) is 12.3. The highest BCUT2D eigenvalue weighted by atomic mass is 32.2. The van der Waals surface area contributed by atoms with Crippen LogP contribution in [0.2, 0.25) is 0 Å². The topological polar surface area (TPSA) is 145 Å². The second-order valence-corrected chi connectivity index (χ2v) is 7.21. The summed E-state index contributed by atoms with van der Waals surface area (Å²) < 4.78 is 38.3. The molecule has 140 valence electrons. The van der Waals surface area contributed by atoms with E-state index in [4.69, 9.17) is 19.2 Å². The van der Waals surface area contributed by atoms with E-state index in [0.29, 0.717) is 0 Å². The van der Waals surface area contributed by atoms with E-state index in [1.807, 2.05) is 0 Å². The number of azide groups is 1. The quantitative estimate of drug-likeness (QED) is 0.217. The number of benzene rings is 1. The molecule has 26 heavy (non-hydrogen) atoms. The maximum Gasteiger partial charge on any atom is 0.338 e. The lowest BCUT2D eigenvalue weighted by Crippen LogP contribution is -2.37. The largest absolute Gasteiger partial charge is 0.462 e. The molecule has 0 aliphatic carbocycles. The molecule has 0 saturated carbocycles. The molecule has 0 unspecified atom stereocenters. The van der Waals surface area contributed by atoms with E-state index < -0.39 is 46.8 Å². The zero-order valence-corrected chi connectivity index (χ0v) is 14.7. The summed E-state index contributed by atoms with van der Waals surface area (Å²) in [7, 11) is -3.90. The van der Waals surface area contributed by atoms with Gasteiger partial charge in [-0.3, -0.25) is 8.98 Å². The number of esters is 2. The van der Waals surface area contributed by atoms with Gasteiger partial charge in [0.25, 0.3) is 10.1 Å². The van der Waals surface area contributed by atoms with E-state index >= 15 is 0 Å². The molecule has 1 aromatic rings. The van der Waals surface area contributed by atoms with Crippen molar-refractivity contribution in [2.75, 3.05) is 19.4 Å². The van der Waals surface area contributed by atoms with Gasteiger partial charge in [0.1, 0.15) is 18.8 Å². The molecule has 0 amide bonds. The molecule has 2 rings (SSSR count). The van der Waals surface area contributed by atoms with E-state index in [1.54, 1.807) is 30.3 Å². The summed E-state index contributed by atoms with van der Waals surface area (Å²) in [6.45, 7) is -0.585. The molecule has 11 heteroatoms. The molecule has 0 spiro atoms. The smallest absolute Gasteiger partial charge is 0.338 e. The minimum absolute atomic E-state index is 0.144. The SMILES string of the molecule is CS(=O)(=O)O[C@@H](COC(=O)c1ccccc1)[C@H]1CC(=O)O[C@H]1CN=[N+]=[N-]. The fourth-order valence-electron chi connectivity index (χ4n) is 2.55. The molecular formula is C15H17N3O7S. The van der Waals surface area contributed by atoms with Crippen LogP contribution in [-0.2, 0) is 28.6 Å². The lowest BCUT2D eigenvalue weighted by Gasteiger charge is -2.24. The summed E-state index contributed by atoms with van der Waals surface area (Å²) >= 11 is 0. The molecule has 1 saturated heterocycles. The number of rotatable bonds is 8. The van der Waals surface area contributed by atoms with Crippen LogP contribution in [0, 0.1) is 5.92 Å². The minimum Gasteiger partial charge on any atom is -0.462 e.